The molecule has 0 aromatic carbocycles. The Morgan fingerprint density at radius 1 is 1.08 bits per heavy atom. The second kappa shape index (κ2) is 9.96. The molecule has 0 saturated heterocycles. The van der Waals surface area contributed by atoms with E-state index in [-0.39, 0.29) is 18.9 Å². The van der Waals surface area contributed by atoms with Crippen LogP contribution in [-0.2, 0) is 0 Å². The normalized spacial score (nSPS) is 9.17. The van der Waals surface area contributed by atoms with Crippen molar-refractivity contribution in [2.45, 2.75) is 20.8 Å². The van der Waals surface area contributed by atoms with Crippen molar-refractivity contribution >= 4 is 28.9 Å². The van der Waals surface area contributed by atoms with Crippen LogP contribution in [0.5, 0.6) is 0 Å². The average molecular weight is 217 g/mol. The van der Waals surface area contributed by atoms with Crippen molar-refractivity contribution in [1.29, 1.82) is 0 Å². The molecule has 66 valence electrons. The van der Waals surface area contributed by atoms with Gasteiger partial charge >= 0.3 is 18.9 Å². The summed E-state index contributed by atoms with van der Waals surface area (Å²) < 4.78 is 0. The zero-order chi connectivity index (χ0) is 9.49. The Labute approximate surface area is 98.6 Å². The molecule has 0 aliphatic carbocycles. The minimum atomic E-state index is -2.18. The summed E-state index contributed by atoms with van der Waals surface area (Å²) in [5.74, 6) is 1.42. The summed E-state index contributed by atoms with van der Waals surface area (Å²) in [6.45, 7) is 10.9. The fraction of sp³-hybridized carbons (Fsp3) is 0.375. The second-order valence-corrected chi connectivity index (χ2v) is 9.08. The summed E-state index contributed by atoms with van der Waals surface area (Å²) >= 11 is 11.1. The van der Waals surface area contributed by atoms with E-state index in [4.69, 9.17) is 22.2 Å². The Morgan fingerprint density at radius 2 is 1.25 bits per heavy atom. The first-order valence-electron chi connectivity index (χ1n) is 3.27. The van der Waals surface area contributed by atoms with E-state index < -0.39 is 6.69 Å². The minimum absolute atomic E-state index is 0. The van der Waals surface area contributed by atoms with Gasteiger partial charge in [0.2, 0.25) is 0 Å². The molecular weight excluding hydrogens is 202 g/mol. The van der Waals surface area contributed by atoms with Crippen molar-refractivity contribution in [2.75, 3.05) is 0 Å². The van der Waals surface area contributed by atoms with Crippen LogP contribution in [0.3, 0.4) is 0 Å². The van der Waals surface area contributed by atoms with E-state index in [1.54, 1.807) is 11.4 Å². The van der Waals surface area contributed by atoms with Crippen LogP contribution in [0.15, 0.2) is 24.6 Å². The van der Waals surface area contributed by atoms with Gasteiger partial charge in [0.05, 0.1) is 0 Å². The van der Waals surface area contributed by atoms with Gasteiger partial charge in [0.15, 0.2) is 0 Å². The van der Waals surface area contributed by atoms with Gasteiger partial charge in [0.25, 0.3) is 6.69 Å². The summed E-state index contributed by atoms with van der Waals surface area (Å²) in [4.78, 5) is 0. The van der Waals surface area contributed by atoms with E-state index in [0.717, 1.165) is 0 Å². The molecule has 0 unspecified atom stereocenters. The van der Waals surface area contributed by atoms with E-state index in [0.29, 0.717) is 0 Å². The number of hydrogen-bond acceptors (Lipinski definition) is 0. The van der Waals surface area contributed by atoms with Crippen molar-refractivity contribution in [3.05, 3.63) is 30.5 Å². The largest absolute Gasteiger partial charge is 1.00 e. The van der Waals surface area contributed by atoms with Gasteiger partial charge in [-0.2, -0.15) is 20.8 Å². The first kappa shape index (κ1) is 18.6. The van der Waals surface area contributed by atoms with E-state index in [1.807, 2.05) is 0 Å². The monoisotopic (exact) mass is 216 g/mol. The third-order valence-electron chi connectivity index (χ3n) is 0.544. The predicted molar refractivity (Wildman–Crippen MR) is 58.1 cm³/mol. The molecule has 0 radical (unpaired) electrons. The maximum atomic E-state index is 5.57. The van der Waals surface area contributed by atoms with Crippen LogP contribution < -0.4 is 18.9 Å². The Bertz CT molecular complexity index is 111. The summed E-state index contributed by atoms with van der Waals surface area (Å²) in [5, 5.41) is 0. The topological polar surface area (TPSA) is 0 Å². The first-order valence-corrected chi connectivity index (χ1v) is 7.45. The molecular formula is C8H15Cl2LiSi. The van der Waals surface area contributed by atoms with Crippen molar-refractivity contribution in [1.82, 2.24) is 0 Å². The SMILES string of the molecule is C=C[Si](Cl)(Cl)C=C.C[C-](C)C.[Li+]. The first-order chi connectivity index (χ1) is 4.85. The molecule has 12 heavy (non-hydrogen) atoms. The van der Waals surface area contributed by atoms with Gasteiger partial charge < -0.3 is 5.92 Å². The van der Waals surface area contributed by atoms with Crippen molar-refractivity contribution in [3.63, 3.8) is 0 Å². The third kappa shape index (κ3) is 22.4. The Morgan fingerprint density at radius 3 is 1.25 bits per heavy atom. The molecule has 0 aliphatic rings. The summed E-state index contributed by atoms with van der Waals surface area (Å²) in [6.07, 6.45) is 0. The number of halogens is 2. The van der Waals surface area contributed by atoms with Crippen LogP contribution in [0.1, 0.15) is 20.8 Å². The molecule has 0 N–H and O–H groups in total. The van der Waals surface area contributed by atoms with E-state index >= 15 is 0 Å². The van der Waals surface area contributed by atoms with Gasteiger partial charge in [-0.15, -0.1) is 35.3 Å². The van der Waals surface area contributed by atoms with E-state index in [1.165, 1.54) is 5.92 Å². The van der Waals surface area contributed by atoms with Crippen molar-refractivity contribution in [2.24, 2.45) is 0 Å². The van der Waals surface area contributed by atoms with E-state index in [2.05, 4.69) is 33.9 Å². The molecule has 0 spiro atoms. The molecule has 0 heterocycles. The van der Waals surface area contributed by atoms with Gasteiger partial charge in [-0.3, -0.25) is 0 Å². The van der Waals surface area contributed by atoms with Gasteiger partial charge in [0, 0.05) is 0 Å². The molecule has 0 fully saturated rings. The van der Waals surface area contributed by atoms with E-state index in [9.17, 15) is 0 Å². The van der Waals surface area contributed by atoms with Crippen LogP contribution in [0, 0.1) is 5.92 Å². The molecule has 0 amide bonds. The molecule has 0 saturated carbocycles. The number of hydrogen-bond donors (Lipinski definition) is 0. The average Bonchev–Trinajstić information content (AvgIpc) is 1.87. The van der Waals surface area contributed by atoms with Crippen molar-refractivity contribution in [3.8, 4) is 0 Å². The smallest absolute Gasteiger partial charge is 0.323 e. The number of rotatable bonds is 2. The molecule has 0 rings (SSSR count). The molecule has 0 aromatic rings. The fourth-order valence-electron chi connectivity index (χ4n) is 0.0833. The van der Waals surface area contributed by atoms with Crippen LogP contribution in [0.25, 0.3) is 0 Å². The molecule has 0 aromatic heterocycles. The fourth-order valence-corrected chi connectivity index (χ4v) is 0.250. The van der Waals surface area contributed by atoms with Crippen LogP contribution in [0.4, 0.5) is 0 Å². The molecule has 0 nitrogen and oxygen atoms in total. The summed E-state index contributed by atoms with van der Waals surface area (Å²) in [5.41, 5.74) is 3.09. The summed E-state index contributed by atoms with van der Waals surface area (Å²) in [7, 11) is 0. The molecule has 4 heteroatoms. The van der Waals surface area contributed by atoms with Crippen molar-refractivity contribution < 1.29 is 18.9 Å². The van der Waals surface area contributed by atoms with Gasteiger partial charge in [-0.1, -0.05) is 11.4 Å². The Balaban J connectivity index is -0.000000142. The van der Waals surface area contributed by atoms with Crippen LogP contribution >= 0.6 is 22.2 Å². The molecule has 0 bridgehead atoms. The zero-order valence-electron chi connectivity index (χ0n) is 8.32. The zero-order valence-corrected chi connectivity index (χ0v) is 10.8. The quantitative estimate of drug-likeness (QED) is 0.367. The third-order valence-corrected chi connectivity index (χ3v) is 3.48. The Hall–Kier alpha value is 0.874. The van der Waals surface area contributed by atoms with Crippen LogP contribution in [0.2, 0.25) is 0 Å². The van der Waals surface area contributed by atoms with Crippen LogP contribution in [-0.4, -0.2) is 6.69 Å². The maximum Gasteiger partial charge on any atom is 1.00 e. The minimum Gasteiger partial charge on any atom is -0.323 e. The standard InChI is InChI=1S/C4H6Cl2Si.C4H9.Li/c1-3-7(5,6)4-2;1-4(2)3;/h3-4H,1-2H2;1-3H3;/q;-1;+1. The molecule has 0 atom stereocenters. The summed E-state index contributed by atoms with van der Waals surface area (Å²) in [6, 6.07) is 0. The molecule has 0 aliphatic heterocycles. The van der Waals surface area contributed by atoms with Gasteiger partial charge in [-0.25, -0.2) is 0 Å². The van der Waals surface area contributed by atoms with Gasteiger partial charge in [0.1, 0.15) is 0 Å². The Kier molecular flexibility index (Phi) is 15.5. The van der Waals surface area contributed by atoms with Gasteiger partial charge in [-0.05, 0) is 0 Å². The predicted octanol–water partition coefficient (Wildman–Crippen LogP) is 0.981. The maximum absolute atomic E-state index is 5.57. The second-order valence-electron chi connectivity index (χ2n) is 2.58.